The maximum Gasteiger partial charge on any atom is 0.280 e. The largest absolute Gasteiger partial charge is 0.394 e. The minimum atomic E-state index is -1.94. The lowest BCUT2D eigenvalue weighted by Gasteiger charge is -2.33. The number of amides is 2. The van der Waals surface area contributed by atoms with Crippen molar-refractivity contribution in [1.82, 2.24) is 25.5 Å². The Kier molecular flexibility index (Phi) is 22.6. The molecule has 0 aliphatic heterocycles. The highest BCUT2D eigenvalue weighted by atomic mass is 35.5. The van der Waals surface area contributed by atoms with E-state index >= 15 is 0 Å². The lowest BCUT2D eigenvalue weighted by Crippen LogP contribution is -2.54. The van der Waals surface area contributed by atoms with Gasteiger partial charge >= 0.3 is 0 Å². The Morgan fingerprint density at radius 2 is 1.19 bits per heavy atom. The second kappa shape index (κ2) is 27.0. The first-order valence-electron chi connectivity index (χ1n) is 20.7. The summed E-state index contributed by atoms with van der Waals surface area (Å²) in [6.07, 6.45) is -11.2. The van der Waals surface area contributed by atoms with Crippen LogP contribution < -0.4 is 33.6 Å². The molecule has 3 aromatic rings. The van der Waals surface area contributed by atoms with E-state index in [2.05, 4.69) is 37.7 Å². The van der Waals surface area contributed by atoms with Crippen LogP contribution in [0.5, 0.6) is 0 Å². The van der Waals surface area contributed by atoms with Crippen LogP contribution in [0.25, 0.3) is 11.1 Å². The lowest BCUT2D eigenvalue weighted by atomic mass is 9.99. The van der Waals surface area contributed by atoms with Crippen LogP contribution in [0.4, 0.5) is 11.6 Å². The second-order valence-corrected chi connectivity index (χ2v) is 15.7. The molecule has 2 amide bonds. The zero-order valence-electron chi connectivity index (χ0n) is 35.3. The van der Waals surface area contributed by atoms with E-state index in [4.69, 9.17) is 44.7 Å². The molecule has 2 aromatic carbocycles. The fraction of sp³-hybridized carbons (Fsp3) is 0.537. The molecular formula is C41H63ClN10O12. The quantitative estimate of drug-likeness (QED) is 0.0197. The number of aryl methyl sites for hydroxylation is 2. The van der Waals surface area contributed by atoms with E-state index < -0.39 is 93.0 Å². The summed E-state index contributed by atoms with van der Waals surface area (Å²) in [7, 11) is 0. The van der Waals surface area contributed by atoms with Crippen LogP contribution in [0.15, 0.2) is 53.5 Å². The summed E-state index contributed by atoms with van der Waals surface area (Å²) in [5.74, 6) is -1.55. The van der Waals surface area contributed by atoms with Gasteiger partial charge in [0.2, 0.25) is 5.91 Å². The van der Waals surface area contributed by atoms with Gasteiger partial charge in [-0.1, -0.05) is 60.1 Å². The number of nitrogens with one attached hydrogen (secondary N) is 2. The van der Waals surface area contributed by atoms with Crippen LogP contribution in [-0.4, -0.2) is 185 Å². The highest BCUT2D eigenvalue weighted by Crippen LogP contribution is 2.22. The number of unbranched alkanes of at least 4 members (excludes halogenated alkanes) is 1. The Labute approximate surface area is 375 Å². The summed E-state index contributed by atoms with van der Waals surface area (Å²) in [5.41, 5.74) is 27.3. The van der Waals surface area contributed by atoms with Gasteiger partial charge in [-0.25, -0.2) is 9.97 Å². The molecule has 9 atom stereocenters. The molecule has 20 N–H and O–H groups in total. The average Bonchev–Trinajstić information content (AvgIpc) is 3.28. The zero-order chi connectivity index (χ0) is 47.5. The number of halogens is 1. The number of nitrogens with two attached hydrogens (primary N) is 4. The number of nitrogens with zero attached hydrogens (tertiary/aromatic N) is 4. The molecule has 0 saturated heterocycles. The van der Waals surface area contributed by atoms with Gasteiger partial charge in [0.1, 0.15) is 36.6 Å². The number of guanidine groups is 1. The summed E-state index contributed by atoms with van der Waals surface area (Å²) in [5, 5.41) is 104. The minimum absolute atomic E-state index is 0.0338. The van der Waals surface area contributed by atoms with Crippen LogP contribution in [0.1, 0.15) is 47.3 Å². The van der Waals surface area contributed by atoms with Crippen molar-refractivity contribution in [2.24, 2.45) is 16.5 Å². The van der Waals surface area contributed by atoms with Gasteiger partial charge in [0.05, 0.1) is 31.5 Å². The van der Waals surface area contributed by atoms with Crippen molar-refractivity contribution in [1.29, 1.82) is 0 Å². The average molecular weight is 923 g/mol. The van der Waals surface area contributed by atoms with Gasteiger partial charge in [-0.2, -0.15) is 0 Å². The van der Waals surface area contributed by atoms with Gasteiger partial charge in [-0.05, 0) is 60.8 Å². The highest BCUT2D eigenvalue weighted by Gasteiger charge is 2.34. The van der Waals surface area contributed by atoms with Crippen molar-refractivity contribution < 1.29 is 60.7 Å². The standard InChI is InChI=1S/C41H63ClN10O12/c42-36-38(45)50-37(44)31(49-36)40(64)51-41(46)48-15-2-1-4-22-6-10-24(11-7-22)25-12-8-23(9-13-25)5-3-16-47-39(63)26(43)14-17-52(18-27(55)32(59)34(61)29(57)20-53)19-28(56)33(60)35(62)30(58)21-54/h6-13,26-30,32-35,53-62H,1-5,14-21,43H2,(H,47,63)(H4,44,45,50)(H3,46,48,51,64)/t26?,27-,28-,29+,30+,32+,33+,34+,35+/m0/s1. The van der Waals surface area contributed by atoms with E-state index in [1.165, 1.54) is 4.90 Å². The van der Waals surface area contributed by atoms with E-state index in [0.717, 1.165) is 41.5 Å². The van der Waals surface area contributed by atoms with Gasteiger partial charge in [0, 0.05) is 32.7 Å². The maximum absolute atomic E-state index is 12.8. The molecule has 0 radical (unpaired) electrons. The minimum Gasteiger partial charge on any atom is -0.394 e. The maximum atomic E-state index is 12.8. The number of hydrogen-bond acceptors (Lipinski definition) is 19. The van der Waals surface area contributed by atoms with Gasteiger partial charge in [0.25, 0.3) is 5.91 Å². The molecule has 0 bridgehead atoms. The number of anilines is 2. The lowest BCUT2D eigenvalue weighted by molar-refractivity contribution is -0.130. The topological polar surface area (TPSA) is 406 Å². The van der Waals surface area contributed by atoms with Gasteiger partial charge in [-0.15, -0.1) is 0 Å². The number of nitrogen functional groups attached to an aromatic ring is 2. The predicted octanol–water partition coefficient (Wildman–Crippen LogP) is -4.03. The number of aliphatic hydroxyl groups is 10. The smallest absolute Gasteiger partial charge is 0.280 e. The molecule has 1 heterocycles. The first-order valence-corrected chi connectivity index (χ1v) is 21.0. The van der Waals surface area contributed by atoms with Crippen molar-refractivity contribution in [3.8, 4) is 11.1 Å². The molecule has 3 rings (SSSR count). The Bertz CT molecular complexity index is 1890. The predicted molar refractivity (Wildman–Crippen MR) is 237 cm³/mol. The molecule has 0 saturated carbocycles. The van der Waals surface area contributed by atoms with Crippen molar-refractivity contribution in [2.75, 3.05) is 57.4 Å². The Morgan fingerprint density at radius 1 is 0.703 bits per heavy atom. The Hall–Kier alpha value is -4.66. The van der Waals surface area contributed by atoms with E-state index in [0.29, 0.717) is 25.9 Å². The molecule has 0 spiro atoms. The van der Waals surface area contributed by atoms with Gasteiger partial charge in [0.15, 0.2) is 28.4 Å². The molecule has 1 unspecified atom stereocenters. The number of carbonyl (C=O) groups excluding carboxylic acids is 2. The highest BCUT2D eigenvalue weighted by molar-refractivity contribution is 6.31. The van der Waals surface area contributed by atoms with E-state index in [1.807, 2.05) is 36.4 Å². The molecule has 0 fully saturated rings. The van der Waals surface area contributed by atoms with Crippen molar-refractivity contribution in [3.63, 3.8) is 0 Å². The summed E-state index contributed by atoms with van der Waals surface area (Å²) >= 11 is 5.83. The Balaban J connectivity index is 1.42. The number of aromatic nitrogens is 2. The van der Waals surface area contributed by atoms with Crippen LogP contribution in [0, 0.1) is 0 Å². The van der Waals surface area contributed by atoms with Crippen LogP contribution >= 0.6 is 11.6 Å². The third-order valence-electron chi connectivity index (χ3n) is 10.3. The third-order valence-corrected chi connectivity index (χ3v) is 10.6. The molecule has 22 nitrogen and oxygen atoms in total. The normalized spacial score (nSPS) is 16.3. The van der Waals surface area contributed by atoms with Crippen LogP contribution in [-0.2, 0) is 17.6 Å². The summed E-state index contributed by atoms with van der Waals surface area (Å²) < 4.78 is 0. The summed E-state index contributed by atoms with van der Waals surface area (Å²) in [6.45, 7) is -2.14. The molecule has 356 valence electrons. The number of rotatable bonds is 27. The fourth-order valence-electron chi connectivity index (χ4n) is 6.41. The van der Waals surface area contributed by atoms with Crippen LogP contribution in [0.3, 0.4) is 0 Å². The molecule has 0 aliphatic rings. The summed E-state index contributed by atoms with van der Waals surface area (Å²) in [6, 6.07) is 15.2. The zero-order valence-corrected chi connectivity index (χ0v) is 36.0. The van der Waals surface area contributed by atoms with E-state index in [1.54, 1.807) is 0 Å². The number of aliphatic hydroxyl groups excluding tert-OH is 10. The molecule has 1 aromatic heterocycles. The molecule has 23 heteroatoms. The van der Waals surface area contributed by atoms with E-state index in [9.17, 15) is 50.4 Å². The molecule has 64 heavy (non-hydrogen) atoms. The number of aliphatic imine (C=N–C) groups is 1. The first-order chi connectivity index (χ1) is 30.4. The van der Waals surface area contributed by atoms with E-state index in [-0.39, 0.29) is 41.4 Å². The number of benzene rings is 2. The summed E-state index contributed by atoms with van der Waals surface area (Å²) in [4.78, 5) is 38.3. The number of carbonyl (C=O) groups is 2. The van der Waals surface area contributed by atoms with Crippen LogP contribution in [0.2, 0.25) is 5.15 Å². The first kappa shape index (κ1) is 53.7. The SMILES string of the molecule is NC(=NCCCCc1ccc(-c2ccc(CCCNC(=O)C(N)CCN(C[C@H](O)[C@@H](O)[C@H](O)[C@H](O)CO)C[C@H](O)[C@@H](O)[C@H](O)[C@H](O)CO)cc2)cc1)NC(=O)c1nc(Cl)c(N)nc1N. The number of hydrogen-bond donors (Lipinski definition) is 16. The third kappa shape index (κ3) is 17.0. The monoisotopic (exact) mass is 922 g/mol. The van der Waals surface area contributed by atoms with Crippen molar-refractivity contribution >= 4 is 41.0 Å². The molecular weight excluding hydrogens is 860 g/mol. The van der Waals surface area contributed by atoms with Crippen molar-refractivity contribution in [2.45, 2.75) is 93.4 Å². The Morgan fingerprint density at radius 3 is 1.69 bits per heavy atom. The second-order valence-electron chi connectivity index (χ2n) is 15.4. The van der Waals surface area contributed by atoms with Crippen molar-refractivity contribution in [3.05, 3.63) is 70.5 Å². The van der Waals surface area contributed by atoms with Gasteiger partial charge in [-0.3, -0.25) is 24.8 Å². The van der Waals surface area contributed by atoms with Gasteiger partial charge < -0.3 is 79.3 Å². The molecule has 0 aliphatic carbocycles. The fourth-order valence-corrected chi connectivity index (χ4v) is 6.54.